The molecule has 2 aromatic rings. The zero-order chi connectivity index (χ0) is 11.5. The number of aryl methyl sites for hydroxylation is 1. The lowest BCUT2D eigenvalue weighted by Crippen LogP contribution is -2.15. The van der Waals surface area contributed by atoms with Crippen molar-refractivity contribution >= 4 is 0 Å². The number of hydrogen-bond donors (Lipinski definition) is 0. The smallest absolute Gasteiger partial charge is 0.279 e. The molecule has 0 saturated carbocycles. The molecule has 4 heteroatoms. The zero-order valence-corrected chi connectivity index (χ0v) is 9.18. The van der Waals surface area contributed by atoms with Crippen LogP contribution in [0.2, 0.25) is 0 Å². The monoisotopic (exact) mass is 216 g/mol. The highest BCUT2D eigenvalue weighted by atomic mass is 16.5. The minimum Gasteiger partial charge on any atom is -0.477 e. The average Bonchev–Trinajstić information content (AvgIpc) is 2.30. The summed E-state index contributed by atoms with van der Waals surface area (Å²) < 4.78 is 6.60. The molecule has 0 fully saturated rings. The molecule has 2 rings (SSSR count). The Morgan fingerprint density at radius 3 is 2.56 bits per heavy atom. The number of methoxy groups -OCH3 is 1. The lowest BCUT2D eigenvalue weighted by molar-refractivity contribution is 0.382. The predicted octanol–water partition coefficient (Wildman–Crippen LogP) is 1.55. The first-order chi connectivity index (χ1) is 7.72. The van der Waals surface area contributed by atoms with Gasteiger partial charge in [0.1, 0.15) is 0 Å². The lowest BCUT2D eigenvalue weighted by atomic mass is 10.3. The molecule has 82 valence electrons. The average molecular weight is 216 g/mol. The van der Waals surface area contributed by atoms with E-state index in [9.17, 15) is 4.79 Å². The van der Waals surface area contributed by atoms with Crippen molar-refractivity contribution in [1.82, 2.24) is 9.78 Å². The topological polar surface area (TPSA) is 44.1 Å². The van der Waals surface area contributed by atoms with E-state index in [1.165, 1.54) is 13.2 Å². The molecule has 0 radical (unpaired) electrons. The molecule has 0 aliphatic carbocycles. The number of nitrogens with zero attached hydrogens (tertiary/aromatic N) is 2. The molecule has 0 bridgehead atoms. The van der Waals surface area contributed by atoms with E-state index < -0.39 is 0 Å². The van der Waals surface area contributed by atoms with Crippen LogP contribution in [-0.2, 0) is 0 Å². The molecule has 0 spiro atoms. The molecule has 0 amide bonds. The predicted molar refractivity (Wildman–Crippen MR) is 61.1 cm³/mol. The third-order valence-electron chi connectivity index (χ3n) is 2.27. The molecule has 1 aromatic carbocycles. The maximum atomic E-state index is 11.5. The Morgan fingerprint density at radius 2 is 1.94 bits per heavy atom. The van der Waals surface area contributed by atoms with Gasteiger partial charge in [0, 0.05) is 11.8 Å². The summed E-state index contributed by atoms with van der Waals surface area (Å²) in [4.78, 5) is 11.5. The third-order valence-corrected chi connectivity index (χ3v) is 2.27. The maximum absolute atomic E-state index is 11.5. The van der Waals surface area contributed by atoms with Crippen molar-refractivity contribution in [2.24, 2.45) is 0 Å². The second-order valence-corrected chi connectivity index (χ2v) is 3.41. The van der Waals surface area contributed by atoms with Gasteiger partial charge in [-0.1, -0.05) is 18.2 Å². The van der Waals surface area contributed by atoms with Crippen molar-refractivity contribution in [2.75, 3.05) is 7.11 Å². The van der Waals surface area contributed by atoms with E-state index in [4.69, 9.17) is 4.74 Å². The summed E-state index contributed by atoms with van der Waals surface area (Å²) in [6.07, 6.45) is 0. The van der Waals surface area contributed by atoms with E-state index in [1.54, 1.807) is 4.68 Å². The van der Waals surface area contributed by atoms with Crippen LogP contribution in [0.5, 0.6) is 5.88 Å². The van der Waals surface area contributed by atoms with Crippen LogP contribution in [0, 0.1) is 6.92 Å². The summed E-state index contributed by atoms with van der Waals surface area (Å²) in [6, 6.07) is 11.1. The van der Waals surface area contributed by atoms with Gasteiger partial charge >= 0.3 is 0 Å². The number of ether oxygens (including phenoxy) is 1. The van der Waals surface area contributed by atoms with Crippen LogP contribution in [0.3, 0.4) is 0 Å². The maximum Gasteiger partial charge on any atom is 0.279 e. The van der Waals surface area contributed by atoms with Crippen LogP contribution in [0.25, 0.3) is 5.69 Å². The van der Waals surface area contributed by atoms with Crippen LogP contribution in [0.1, 0.15) is 5.69 Å². The molecule has 0 unspecified atom stereocenters. The Morgan fingerprint density at radius 1 is 1.25 bits per heavy atom. The van der Waals surface area contributed by atoms with Gasteiger partial charge in [0.2, 0.25) is 5.43 Å². The molecule has 1 aromatic heterocycles. The first-order valence-corrected chi connectivity index (χ1v) is 4.93. The Labute approximate surface area is 93.1 Å². The second kappa shape index (κ2) is 4.18. The van der Waals surface area contributed by atoms with E-state index in [0.717, 1.165) is 11.4 Å². The summed E-state index contributed by atoms with van der Waals surface area (Å²) in [5.41, 5.74) is 1.47. The van der Waals surface area contributed by atoms with Gasteiger partial charge in [-0.05, 0) is 19.1 Å². The summed E-state index contributed by atoms with van der Waals surface area (Å²) >= 11 is 0. The summed E-state index contributed by atoms with van der Waals surface area (Å²) in [5, 5.41) is 4.14. The molecule has 1 heterocycles. The van der Waals surface area contributed by atoms with Crippen molar-refractivity contribution in [3.05, 3.63) is 52.3 Å². The van der Waals surface area contributed by atoms with Crippen molar-refractivity contribution < 1.29 is 4.74 Å². The van der Waals surface area contributed by atoms with E-state index in [0.29, 0.717) is 0 Å². The lowest BCUT2D eigenvalue weighted by Gasteiger charge is -2.09. The Hall–Kier alpha value is -2.10. The number of hydrogen-bond acceptors (Lipinski definition) is 3. The molecular formula is C12H12N2O2. The van der Waals surface area contributed by atoms with Gasteiger partial charge in [0.05, 0.1) is 12.8 Å². The third kappa shape index (κ3) is 1.82. The molecule has 16 heavy (non-hydrogen) atoms. The van der Waals surface area contributed by atoms with Crippen LogP contribution in [-0.4, -0.2) is 16.9 Å². The van der Waals surface area contributed by atoms with E-state index in [2.05, 4.69) is 5.10 Å². The fraction of sp³-hybridized carbons (Fsp3) is 0.167. The van der Waals surface area contributed by atoms with Gasteiger partial charge in [-0.15, -0.1) is 5.10 Å². The fourth-order valence-electron chi connectivity index (χ4n) is 1.50. The Bertz CT molecular complexity index is 547. The van der Waals surface area contributed by atoms with Crippen LogP contribution < -0.4 is 10.2 Å². The van der Waals surface area contributed by atoms with Gasteiger partial charge in [0.25, 0.3) is 5.88 Å². The summed E-state index contributed by atoms with van der Waals surface area (Å²) in [5.74, 6) is 0.106. The van der Waals surface area contributed by atoms with Crippen LogP contribution in [0.15, 0.2) is 41.2 Å². The largest absolute Gasteiger partial charge is 0.477 e. The Balaban J connectivity index is 2.62. The molecule has 0 saturated heterocycles. The van der Waals surface area contributed by atoms with E-state index in [1.807, 2.05) is 37.3 Å². The minimum absolute atomic E-state index is 0.106. The number of rotatable bonds is 2. The molecule has 4 nitrogen and oxygen atoms in total. The highest BCUT2D eigenvalue weighted by molar-refractivity contribution is 5.32. The molecule has 0 aliphatic heterocycles. The SMILES string of the molecule is COc1nn(-c2ccccc2)c(C)cc1=O. The first-order valence-electron chi connectivity index (χ1n) is 4.93. The van der Waals surface area contributed by atoms with Gasteiger partial charge in [-0.2, -0.15) is 0 Å². The summed E-state index contributed by atoms with van der Waals surface area (Å²) in [7, 11) is 1.44. The van der Waals surface area contributed by atoms with Gasteiger partial charge in [0.15, 0.2) is 0 Å². The van der Waals surface area contributed by atoms with Crippen molar-refractivity contribution in [3.63, 3.8) is 0 Å². The van der Waals surface area contributed by atoms with Gasteiger partial charge in [-0.3, -0.25) is 4.79 Å². The standard InChI is InChI=1S/C12H12N2O2/c1-9-8-11(15)12(16-2)13-14(9)10-6-4-3-5-7-10/h3-8H,1-2H3. The normalized spacial score (nSPS) is 10.1. The molecule has 0 N–H and O–H groups in total. The van der Waals surface area contributed by atoms with E-state index >= 15 is 0 Å². The molecule has 0 aliphatic rings. The Kier molecular flexibility index (Phi) is 2.72. The van der Waals surface area contributed by atoms with Gasteiger partial charge in [-0.25, -0.2) is 4.68 Å². The molecule has 0 atom stereocenters. The first kappa shape index (κ1) is 10.4. The number of para-hydroxylation sites is 1. The van der Waals surface area contributed by atoms with E-state index in [-0.39, 0.29) is 11.3 Å². The minimum atomic E-state index is -0.202. The quantitative estimate of drug-likeness (QED) is 0.765. The highest BCUT2D eigenvalue weighted by Crippen LogP contribution is 2.09. The number of benzene rings is 1. The molecular weight excluding hydrogens is 204 g/mol. The highest BCUT2D eigenvalue weighted by Gasteiger charge is 2.06. The van der Waals surface area contributed by atoms with Crippen LogP contribution >= 0.6 is 0 Å². The van der Waals surface area contributed by atoms with Crippen LogP contribution in [0.4, 0.5) is 0 Å². The van der Waals surface area contributed by atoms with Crippen molar-refractivity contribution in [2.45, 2.75) is 6.92 Å². The fourth-order valence-corrected chi connectivity index (χ4v) is 1.50. The second-order valence-electron chi connectivity index (χ2n) is 3.41. The van der Waals surface area contributed by atoms with Crippen molar-refractivity contribution in [3.8, 4) is 11.6 Å². The van der Waals surface area contributed by atoms with Gasteiger partial charge < -0.3 is 4.74 Å². The summed E-state index contributed by atoms with van der Waals surface area (Å²) in [6.45, 7) is 1.83. The number of aromatic nitrogens is 2. The zero-order valence-electron chi connectivity index (χ0n) is 9.18. The van der Waals surface area contributed by atoms with Crippen molar-refractivity contribution in [1.29, 1.82) is 0 Å².